The lowest BCUT2D eigenvalue weighted by molar-refractivity contribution is 0.180. The van der Waals surface area contributed by atoms with Crippen molar-refractivity contribution in [1.29, 1.82) is 0 Å². The number of nitrogens with zero attached hydrogens (tertiary/aromatic N) is 2. The molecule has 3 aromatic carbocycles. The van der Waals surface area contributed by atoms with Gasteiger partial charge in [-0.15, -0.1) is 0 Å². The largest absolute Gasteiger partial charge is 0.508 e. The SMILES string of the molecule is CCCN(Cc1ccc(OCCN2CCCCC2)c(F)c1)c1cc(O)ccc1C1CCc2cc(O)ccc2C1. The van der Waals surface area contributed by atoms with Crippen molar-refractivity contribution in [2.75, 3.05) is 37.7 Å². The zero-order chi connectivity index (χ0) is 27.2. The number of hydrogen-bond acceptors (Lipinski definition) is 5. The number of benzene rings is 3. The van der Waals surface area contributed by atoms with E-state index in [1.165, 1.54) is 36.0 Å². The molecule has 208 valence electrons. The Labute approximate surface area is 231 Å². The van der Waals surface area contributed by atoms with Gasteiger partial charge in [0.05, 0.1) is 0 Å². The summed E-state index contributed by atoms with van der Waals surface area (Å²) >= 11 is 0. The molecule has 6 heteroatoms. The number of rotatable bonds is 10. The highest BCUT2D eigenvalue weighted by Crippen LogP contribution is 2.40. The van der Waals surface area contributed by atoms with Crippen molar-refractivity contribution in [2.24, 2.45) is 0 Å². The summed E-state index contributed by atoms with van der Waals surface area (Å²) in [6, 6.07) is 16.6. The second kappa shape index (κ2) is 12.7. The monoisotopic (exact) mass is 532 g/mol. The van der Waals surface area contributed by atoms with Crippen LogP contribution in [-0.4, -0.2) is 47.9 Å². The van der Waals surface area contributed by atoms with Crippen LogP contribution >= 0.6 is 0 Å². The normalized spacial score (nSPS) is 17.5. The smallest absolute Gasteiger partial charge is 0.165 e. The lowest BCUT2D eigenvalue weighted by atomic mass is 9.79. The van der Waals surface area contributed by atoms with Crippen LogP contribution in [0.2, 0.25) is 0 Å². The van der Waals surface area contributed by atoms with Crippen molar-refractivity contribution in [2.45, 2.75) is 64.3 Å². The van der Waals surface area contributed by atoms with Crippen molar-refractivity contribution < 1.29 is 19.3 Å². The Morgan fingerprint density at radius 1 is 0.949 bits per heavy atom. The van der Waals surface area contributed by atoms with E-state index in [0.29, 0.717) is 30.6 Å². The summed E-state index contributed by atoms with van der Waals surface area (Å²) in [4.78, 5) is 4.65. The average molecular weight is 533 g/mol. The number of aryl methyl sites for hydroxylation is 1. The van der Waals surface area contributed by atoms with Gasteiger partial charge in [0.15, 0.2) is 11.6 Å². The number of phenolic OH excluding ortho intramolecular Hbond substituents is 2. The maximum atomic E-state index is 15.0. The molecular weight excluding hydrogens is 491 g/mol. The second-order valence-electron chi connectivity index (χ2n) is 11.1. The van der Waals surface area contributed by atoms with Crippen LogP contribution in [0, 0.1) is 5.82 Å². The molecule has 1 aliphatic carbocycles. The zero-order valence-electron chi connectivity index (χ0n) is 23.0. The van der Waals surface area contributed by atoms with Gasteiger partial charge in [0.1, 0.15) is 18.1 Å². The minimum Gasteiger partial charge on any atom is -0.508 e. The molecule has 1 fully saturated rings. The van der Waals surface area contributed by atoms with Crippen LogP contribution in [0.1, 0.15) is 67.2 Å². The molecule has 0 bridgehead atoms. The Morgan fingerprint density at radius 2 is 1.74 bits per heavy atom. The molecule has 3 aromatic rings. The molecule has 0 radical (unpaired) electrons. The van der Waals surface area contributed by atoms with Gasteiger partial charge < -0.3 is 19.8 Å². The van der Waals surface area contributed by atoms with Gasteiger partial charge in [0.2, 0.25) is 0 Å². The van der Waals surface area contributed by atoms with Gasteiger partial charge in [-0.3, -0.25) is 4.90 Å². The van der Waals surface area contributed by atoms with E-state index in [-0.39, 0.29) is 11.6 Å². The van der Waals surface area contributed by atoms with E-state index in [9.17, 15) is 10.2 Å². The number of anilines is 1. The average Bonchev–Trinajstić information content (AvgIpc) is 2.94. The first kappa shape index (κ1) is 27.3. The summed E-state index contributed by atoms with van der Waals surface area (Å²) in [7, 11) is 0. The van der Waals surface area contributed by atoms with E-state index >= 15 is 4.39 Å². The van der Waals surface area contributed by atoms with Crippen LogP contribution in [0.15, 0.2) is 54.6 Å². The molecule has 1 unspecified atom stereocenters. The summed E-state index contributed by atoms with van der Waals surface area (Å²) in [6.45, 7) is 7.01. The Hall–Kier alpha value is -3.25. The highest BCUT2D eigenvalue weighted by molar-refractivity contribution is 5.59. The van der Waals surface area contributed by atoms with E-state index in [4.69, 9.17) is 4.74 Å². The Morgan fingerprint density at radius 3 is 2.54 bits per heavy atom. The Balaban J connectivity index is 1.30. The summed E-state index contributed by atoms with van der Waals surface area (Å²) in [5, 5.41) is 20.3. The molecule has 2 aliphatic rings. The van der Waals surface area contributed by atoms with E-state index < -0.39 is 0 Å². The lowest BCUT2D eigenvalue weighted by Gasteiger charge is -2.32. The number of likely N-dealkylation sites (tertiary alicyclic amines) is 1. The molecule has 0 saturated carbocycles. The molecule has 39 heavy (non-hydrogen) atoms. The van der Waals surface area contributed by atoms with E-state index in [1.54, 1.807) is 24.3 Å². The van der Waals surface area contributed by atoms with E-state index in [1.807, 2.05) is 30.3 Å². The van der Waals surface area contributed by atoms with Gasteiger partial charge in [-0.25, -0.2) is 4.39 Å². The Kier molecular flexibility index (Phi) is 8.92. The quantitative estimate of drug-likeness (QED) is 0.301. The molecule has 1 heterocycles. The molecular formula is C33H41FN2O3. The van der Waals surface area contributed by atoms with Crippen molar-refractivity contribution in [3.63, 3.8) is 0 Å². The highest BCUT2D eigenvalue weighted by Gasteiger charge is 2.25. The third-order valence-corrected chi connectivity index (χ3v) is 8.19. The maximum absolute atomic E-state index is 15.0. The number of piperidine rings is 1. The predicted octanol–water partition coefficient (Wildman–Crippen LogP) is 6.79. The summed E-state index contributed by atoms with van der Waals surface area (Å²) in [5.74, 6) is 0.843. The van der Waals surface area contributed by atoms with Crippen LogP contribution in [0.3, 0.4) is 0 Å². The molecule has 1 atom stereocenters. The summed E-state index contributed by atoms with van der Waals surface area (Å²) in [5.41, 5.74) is 5.57. The Bertz CT molecular complexity index is 1260. The third kappa shape index (κ3) is 6.85. The first-order valence-electron chi connectivity index (χ1n) is 14.5. The van der Waals surface area contributed by atoms with Crippen molar-refractivity contribution in [1.82, 2.24) is 4.90 Å². The number of hydrogen-bond donors (Lipinski definition) is 2. The van der Waals surface area contributed by atoms with Crippen molar-refractivity contribution >= 4 is 5.69 Å². The highest BCUT2D eigenvalue weighted by atomic mass is 19.1. The third-order valence-electron chi connectivity index (χ3n) is 8.19. The van der Waals surface area contributed by atoms with E-state index in [2.05, 4.69) is 16.7 Å². The van der Waals surface area contributed by atoms with Crippen LogP contribution < -0.4 is 9.64 Å². The predicted molar refractivity (Wildman–Crippen MR) is 155 cm³/mol. The summed E-state index contributed by atoms with van der Waals surface area (Å²) in [6.07, 6.45) is 7.48. The van der Waals surface area contributed by atoms with Gasteiger partial charge in [0.25, 0.3) is 0 Å². The van der Waals surface area contributed by atoms with Gasteiger partial charge in [-0.1, -0.05) is 31.5 Å². The van der Waals surface area contributed by atoms with Crippen LogP contribution in [0.4, 0.5) is 10.1 Å². The maximum Gasteiger partial charge on any atom is 0.165 e. The van der Waals surface area contributed by atoms with Gasteiger partial charge in [-0.05, 0) is 110 Å². The molecule has 5 nitrogen and oxygen atoms in total. The molecule has 0 spiro atoms. The summed E-state index contributed by atoms with van der Waals surface area (Å²) < 4.78 is 20.8. The van der Waals surface area contributed by atoms with Gasteiger partial charge in [-0.2, -0.15) is 0 Å². The standard InChI is InChI=1S/C33H41FN2O3/c1-2-14-36(23-24-6-13-33(31(34)19-24)39-18-17-35-15-4-3-5-16-35)32-22-29(38)11-12-30(32)27-8-7-26-21-28(37)10-9-25(26)20-27/h6,9-13,19,21-22,27,37-38H,2-5,7-8,14-18,20,23H2,1H3. The topological polar surface area (TPSA) is 56.2 Å². The lowest BCUT2D eigenvalue weighted by Crippen LogP contribution is -2.33. The van der Waals surface area contributed by atoms with Gasteiger partial charge in [0, 0.05) is 31.4 Å². The number of fused-ring (bicyclic) bond motifs is 1. The van der Waals surface area contributed by atoms with Crippen LogP contribution in [0.25, 0.3) is 0 Å². The minimum absolute atomic E-state index is 0.236. The molecule has 1 saturated heterocycles. The van der Waals surface area contributed by atoms with Crippen LogP contribution in [-0.2, 0) is 19.4 Å². The molecule has 1 aliphatic heterocycles. The fourth-order valence-corrected chi connectivity index (χ4v) is 6.16. The van der Waals surface area contributed by atoms with Crippen molar-refractivity contribution in [3.05, 3.63) is 82.7 Å². The zero-order valence-corrected chi connectivity index (χ0v) is 23.0. The van der Waals surface area contributed by atoms with Crippen molar-refractivity contribution in [3.8, 4) is 17.2 Å². The molecule has 2 N–H and O–H groups in total. The number of aromatic hydroxyl groups is 2. The number of phenols is 2. The fraction of sp³-hybridized carbons (Fsp3) is 0.455. The molecule has 5 rings (SSSR count). The van der Waals surface area contributed by atoms with E-state index in [0.717, 1.165) is 63.1 Å². The number of ether oxygens (including phenoxy) is 1. The second-order valence-corrected chi connectivity index (χ2v) is 11.1. The first-order chi connectivity index (χ1) is 19.0. The first-order valence-corrected chi connectivity index (χ1v) is 14.5. The number of halogens is 1. The van der Waals surface area contributed by atoms with Crippen LogP contribution in [0.5, 0.6) is 17.2 Å². The molecule has 0 aromatic heterocycles. The minimum atomic E-state index is -0.328. The fourth-order valence-electron chi connectivity index (χ4n) is 6.16. The van der Waals surface area contributed by atoms with Gasteiger partial charge >= 0.3 is 0 Å². The molecule has 0 amide bonds.